The summed E-state index contributed by atoms with van der Waals surface area (Å²) in [7, 11) is 0. The molecule has 0 saturated carbocycles. The summed E-state index contributed by atoms with van der Waals surface area (Å²) in [5.41, 5.74) is 6.32. The summed E-state index contributed by atoms with van der Waals surface area (Å²) in [4.78, 5) is 2.50. The summed E-state index contributed by atoms with van der Waals surface area (Å²) in [6.45, 7) is 3.04. The van der Waals surface area contributed by atoms with Crippen LogP contribution in [0.25, 0.3) is 11.3 Å². The second-order valence-electron chi connectivity index (χ2n) is 5.84. The maximum atomic E-state index is 4.56. The molecular weight excluding hydrogens is 270 g/mol. The second kappa shape index (κ2) is 5.78. The highest BCUT2D eigenvalue weighted by molar-refractivity contribution is 5.64. The number of aromatic nitrogens is 2. The molecule has 1 N–H and O–H groups in total. The van der Waals surface area contributed by atoms with Crippen LogP contribution in [-0.4, -0.2) is 21.6 Å². The topological polar surface area (TPSA) is 31.9 Å². The minimum Gasteiger partial charge on any atom is -0.294 e. The standard InChI is InChI=1S/C19H19N3/c1-3-7-15(8-4-1)13-22-12-11-18-17(14-22)19(21-20-18)16-9-5-2-6-10-16/h1-10H,11-14H2,(H,20,21). The molecule has 110 valence electrons. The molecule has 0 spiro atoms. The van der Waals surface area contributed by atoms with Crippen LogP contribution >= 0.6 is 0 Å². The van der Waals surface area contributed by atoms with Crippen molar-refractivity contribution in [3.05, 3.63) is 77.5 Å². The Morgan fingerprint density at radius 3 is 2.45 bits per heavy atom. The molecular formula is C19H19N3. The molecule has 0 saturated heterocycles. The quantitative estimate of drug-likeness (QED) is 0.798. The lowest BCUT2D eigenvalue weighted by atomic mass is 10.0. The lowest BCUT2D eigenvalue weighted by molar-refractivity contribution is 0.245. The van der Waals surface area contributed by atoms with Crippen LogP contribution < -0.4 is 0 Å². The summed E-state index contributed by atoms with van der Waals surface area (Å²) < 4.78 is 0. The van der Waals surface area contributed by atoms with Crippen molar-refractivity contribution in [2.45, 2.75) is 19.5 Å². The zero-order chi connectivity index (χ0) is 14.8. The number of nitrogens with one attached hydrogen (secondary N) is 1. The number of H-pyrrole nitrogens is 1. The summed E-state index contributed by atoms with van der Waals surface area (Å²) >= 11 is 0. The number of benzene rings is 2. The minimum atomic E-state index is 0.963. The Balaban J connectivity index is 1.59. The van der Waals surface area contributed by atoms with E-state index < -0.39 is 0 Å². The molecule has 2 heterocycles. The maximum absolute atomic E-state index is 4.56. The Hall–Kier alpha value is -2.39. The van der Waals surface area contributed by atoms with Crippen LogP contribution in [0.5, 0.6) is 0 Å². The van der Waals surface area contributed by atoms with E-state index in [1.165, 1.54) is 22.4 Å². The molecule has 0 fully saturated rings. The van der Waals surface area contributed by atoms with E-state index in [1.807, 2.05) is 6.07 Å². The van der Waals surface area contributed by atoms with E-state index in [-0.39, 0.29) is 0 Å². The predicted molar refractivity (Wildman–Crippen MR) is 88.3 cm³/mol. The van der Waals surface area contributed by atoms with E-state index in [2.05, 4.69) is 69.7 Å². The van der Waals surface area contributed by atoms with Gasteiger partial charge in [-0.15, -0.1) is 0 Å². The monoisotopic (exact) mass is 289 g/mol. The zero-order valence-electron chi connectivity index (χ0n) is 12.5. The van der Waals surface area contributed by atoms with E-state index in [9.17, 15) is 0 Å². The number of aromatic amines is 1. The molecule has 1 aliphatic rings. The van der Waals surface area contributed by atoms with Gasteiger partial charge in [0.1, 0.15) is 0 Å². The molecule has 0 radical (unpaired) electrons. The van der Waals surface area contributed by atoms with Crippen LogP contribution in [0.2, 0.25) is 0 Å². The van der Waals surface area contributed by atoms with E-state index >= 15 is 0 Å². The van der Waals surface area contributed by atoms with Crippen LogP contribution in [0.4, 0.5) is 0 Å². The molecule has 4 rings (SSSR count). The van der Waals surface area contributed by atoms with Crippen LogP contribution in [0, 0.1) is 0 Å². The van der Waals surface area contributed by atoms with E-state index in [4.69, 9.17) is 0 Å². The first-order valence-corrected chi connectivity index (χ1v) is 7.78. The van der Waals surface area contributed by atoms with Crippen molar-refractivity contribution in [3.8, 4) is 11.3 Å². The largest absolute Gasteiger partial charge is 0.294 e. The van der Waals surface area contributed by atoms with Crippen molar-refractivity contribution in [3.63, 3.8) is 0 Å². The van der Waals surface area contributed by atoms with Crippen LogP contribution in [0.15, 0.2) is 60.7 Å². The number of fused-ring (bicyclic) bond motifs is 1. The Morgan fingerprint density at radius 1 is 0.955 bits per heavy atom. The smallest absolute Gasteiger partial charge is 0.0968 e. The Labute approximate surface area is 130 Å². The molecule has 1 aromatic heterocycles. The summed E-state index contributed by atoms with van der Waals surface area (Å²) in [6.07, 6.45) is 1.04. The van der Waals surface area contributed by atoms with E-state index in [1.54, 1.807) is 0 Å². The molecule has 1 aliphatic heterocycles. The highest BCUT2D eigenvalue weighted by Gasteiger charge is 2.22. The van der Waals surface area contributed by atoms with Crippen LogP contribution in [0.1, 0.15) is 16.8 Å². The molecule has 0 aliphatic carbocycles. The molecule has 0 atom stereocenters. The molecule has 3 nitrogen and oxygen atoms in total. The first kappa shape index (κ1) is 13.3. The molecule has 2 aromatic carbocycles. The van der Waals surface area contributed by atoms with Crippen molar-refractivity contribution in [2.75, 3.05) is 6.54 Å². The Bertz CT molecular complexity index is 747. The summed E-state index contributed by atoms with van der Waals surface area (Å²) in [5, 5.41) is 7.79. The number of nitrogens with zero attached hydrogens (tertiary/aromatic N) is 2. The molecule has 0 unspecified atom stereocenters. The fourth-order valence-electron chi connectivity index (χ4n) is 3.16. The predicted octanol–water partition coefficient (Wildman–Crippen LogP) is 3.64. The van der Waals surface area contributed by atoms with E-state index in [0.29, 0.717) is 0 Å². The van der Waals surface area contributed by atoms with Gasteiger partial charge in [-0.25, -0.2) is 0 Å². The van der Waals surface area contributed by atoms with Gasteiger partial charge in [0.05, 0.1) is 5.69 Å². The SMILES string of the molecule is c1ccc(CN2CCc3[nH]nc(-c4ccccc4)c3C2)cc1. The van der Waals surface area contributed by atoms with Crippen molar-refractivity contribution in [1.82, 2.24) is 15.1 Å². The van der Waals surface area contributed by atoms with Crippen molar-refractivity contribution >= 4 is 0 Å². The Morgan fingerprint density at radius 2 is 1.68 bits per heavy atom. The van der Waals surface area contributed by atoms with Gasteiger partial charge >= 0.3 is 0 Å². The second-order valence-corrected chi connectivity index (χ2v) is 5.84. The van der Waals surface area contributed by atoms with E-state index in [0.717, 1.165) is 31.7 Å². The molecule has 3 heteroatoms. The fraction of sp³-hybridized carbons (Fsp3) is 0.211. The van der Waals surface area contributed by atoms with Crippen molar-refractivity contribution in [2.24, 2.45) is 0 Å². The summed E-state index contributed by atoms with van der Waals surface area (Å²) in [6, 6.07) is 21.1. The van der Waals surface area contributed by atoms with Crippen molar-refractivity contribution < 1.29 is 0 Å². The van der Waals surface area contributed by atoms with Gasteiger partial charge in [-0.05, 0) is 5.56 Å². The minimum absolute atomic E-state index is 0.963. The average molecular weight is 289 g/mol. The molecule has 3 aromatic rings. The number of rotatable bonds is 3. The third kappa shape index (κ3) is 2.55. The lowest BCUT2D eigenvalue weighted by Gasteiger charge is -2.27. The highest BCUT2D eigenvalue weighted by Crippen LogP contribution is 2.28. The molecule has 22 heavy (non-hydrogen) atoms. The third-order valence-corrected chi connectivity index (χ3v) is 4.31. The number of hydrogen-bond donors (Lipinski definition) is 1. The normalized spacial score (nSPS) is 14.7. The lowest BCUT2D eigenvalue weighted by Crippen LogP contribution is -2.29. The third-order valence-electron chi connectivity index (χ3n) is 4.31. The van der Waals surface area contributed by atoms with Gasteiger partial charge in [-0.1, -0.05) is 60.7 Å². The van der Waals surface area contributed by atoms with Gasteiger partial charge in [0, 0.05) is 42.9 Å². The van der Waals surface area contributed by atoms with Gasteiger partial charge in [0.2, 0.25) is 0 Å². The molecule has 0 amide bonds. The maximum Gasteiger partial charge on any atom is 0.0968 e. The molecule has 0 bridgehead atoms. The van der Waals surface area contributed by atoms with Gasteiger partial charge in [0.25, 0.3) is 0 Å². The van der Waals surface area contributed by atoms with Crippen molar-refractivity contribution in [1.29, 1.82) is 0 Å². The number of hydrogen-bond acceptors (Lipinski definition) is 2. The summed E-state index contributed by atoms with van der Waals surface area (Å²) in [5.74, 6) is 0. The average Bonchev–Trinajstić information content (AvgIpc) is 3.00. The van der Waals surface area contributed by atoms with Gasteiger partial charge in [0.15, 0.2) is 0 Å². The van der Waals surface area contributed by atoms with Crippen LogP contribution in [0.3, 0.4) is 0 Å². The van der Waals surface area contributed by atoms with Crippen LogP contribution in [-0.2, 0) is 19.5 Å². The first-order chi connectivity index (χ1) is 10.9. The van der Waals surface area contributed by atoms with Gasteiger partial charge in [-0.3, -0.25) is 10.00 Å². The fourth-order valence-corrected chi connectivity index (χ4v) is 3.16. The highest BCUT2D eigenvalue weighted by atomic mass is 15.2. The van der Waals surface area contributed by atoms with Gasteiger partial charge < -0.3 is 0 Å². The zero-order valence-corrected chi connectivity index (χ0v) is 12.5. The van der Waals surface area contributed by atoms with Gasteiger partial charge in [-0.2, -0.15) is 5.10 Å². The first-order valence-electron chi connectivity index (χ1n) is 7.78. The Kier molecular flexibility index (Phi) is 3.49.